The first-order chi connectivity index (χ1) is 16.4. The summed E-state index contributed by atoms with van der Waals surface area (Å²) >= 11 is 1.32. The highest BCUT2D eigenvalue weighted by atomic mass is 32.2. The van der Waals surface area contributed by atoms with E-state index >= 15 is 0 Å². The second-order valence-corrected chi connectivity index (χ2v) is 9.12. The predicted octanol–water partition coefficient (Wildman–Crippen LogP) is 4.84. The van der Waals surface area contributed by atoms with Crippen LogP contribution < -0.4 is 5.32 Å². The minimum Gasteiger partial charge on any atom is -0.382 e. The number of aryl methyl sites for hydroxylation is 1. The van der Waals surface area contributed by atoms with Crippen LogP contribution in [0.3, 0.4) is 0 Å². The van der Waals surface area contributed by atoms with Crippen LogP contribution in [0, 0.1) is 0 Å². The Labute approximate surface area is 205 Å². The molecule has 0 spiro atoms. The molecule has 0 radical (unpaired) electrons. The fourth-order valence-electron chi connectivity index (χ4n) is 3.49. The number of ketones is 1. The summed E-state index contributed by atoms with van der Waals surface area (Å²) < 4.78 is 5.42. The number of Topliss-reactive ketones (excluding diaryl/α,β-unsaturated/α-hetero) is 1. The van der Waals surface area contributed by atoms with Gasteiger partial charge in [0.15, 0.2) is 11.0 Å². The van der Waals surface area contributed by atoms with Crippen LogP contribution in [0.5, 0.6) is 0 Å². The van der Waals surface area contributed by atoms with E-state index in [9.17, 15) is 14.4 Å². The van der Waals surface area contributed by atoms with Crippen molar-refractivity contribution in [3.05, 3.63) is 59.7 Å². The van der Waals surface area contributed by atoms with Crippen LogP contribution in [0.4, 0.5) is 11.4 Å². The molecule has 1 unspecified atom stereocenters. The standard InChI is InChI=1S/C26H31N3O4S/c1-4-19-7-11-22(12-8-19)28-26-29(15-6-16-33-5-2)25(32)23(34-26)17-24(31)27-21-13-9-20(10-14-21)18(3)30/h7-14,23H,4-6,15-17H2,1-3H3,(H,27,31). The van der Waals surface area contributed by atoms with Gasteiger partial charge in [0.25, 0.3) is 0 Å². The smallest absolute Gasteiger partial charge is 0.242 e. The normalized spacial score (nSPS) is 16.8. The van der Waals surface area contributed by atoms with Crippen LogP contribution >= 0.6 is 11.8 Å². The van der Waals surface area contributed by atoms with Crippen molar-refractivity contribution in [2.75, 3.05) is 25.1 Å². The van der Waals surface area contributed by atoms with E-state index in [1.54, 1.807) is 29.2 Å². The van der Waals surface area contributed by atoms with Crippen LogP contribution in [0.2, 0.25) is 0 Å². The van der Waals surface area contributed by atoms with Crippen LogP contribution in [0.15, 0.2) is 53.5 Å². The Hall–Kier alpha value is -2.97. The third kappa shape index (κ3) is 7.01. The second-order valence-electron chi connectivity index (χ2n) is 7.95. The van der Waals surface area contributed by atoms with Gasteiger partial charge in [-0.25, -0.2) is 4.99 Å². The fraction of sp³-hybridized carbons (Fsp3) is 0.385. The van der Waals surface area contributed by atoms with Gasteiger partial charge < -0.3 is 10.1 Å². The van der Waals surface area contributed by atoms with Gasteiger partial charge in [-0.05, 0) is 68.7 Å². The first kappa shape index (κ1) is 25.6. The van der Waals surface area contributed by atoms with Crippen molar-refractivity contribution in [2.24, 2.45) is 4.99 Å². The molecule has 2 aromatic rings. The first-order valence-electron chi connectivity index (χ1n) is 11.6. The zero-order valence-electron chi connectivity index (χ0n) is 19.9. The molecule has 0 aromatic heterocycles. The van der Waals surface area contributed by atoms with E-state index < -0.39 is 5.25 Å². The summed E-state index contributed by atoms with van der Waals surface area (Å²) in [5, 5.41) is 2.87. The maximum atomic E-state index is 13.1. The van der Waals surface area contributed by atoms with Crippen molar-refractivity contribution in [1.82, 2.24) is 4.90 Å². The molecule has 180 valence electrons. The van der Waals surface area contributed by atoms with Crippen LogP contribution in [-0.2, 0) is 20.7 Å². The van der Waals surface area contributed by atoms with Gasteiger partial charge in [-0.2, -0.15) is 0 Å². The molecule has 0 aliphatic carbocycles. The number of anilines is 1. The molecule has 0 bridgehead atoms. The Morgan fingerprint density at radius 1 is 1.09 bits per heavy atom. The lowest BCUT2D eigenvalue weighted by Crippen LogP contribution is -2.34. The summed E-state index contributed by atoms with van der Waals surface area (Å²) in [6.45, 7) is 7.20. The van der Waals surface area contributed by atoms with Crippen molar-refractivity contribution in [3.8, 4) is 0 Å². The van der Waals surface area contributed by atoms with E-state index in [1.807, 2.05) is 31.2 Å². The number of benzene rings is 2. The lowest BCUT2D eigenvalue weighted by Gasteiger charge is -2.16. The van der Waals surface area contributed by atoms with Gasteiger partial charge in [0, 0.05) is 37.4 Å². The summed E-state index contributed by atoms with van der Waals surface area (Å²) in [6.07, 6.45) is 1.67. The van der Waals surface area contributed by atoms with Gasteiger partial charge in [-0.15, -0.1) is 0 Å². The molecule has 3 rings (SSSR count). The van der Waals surface area contributed by atoms with Crippen LogP contribution in [-0.4, -0.2) is 52.7 Å². The van der Waals surface area contributed by atoms with E-state index in [0.29, 0.717) is 42.6 Å². The lowest BCUT2D eigenvalue weighted by atomic mass is 10.1. The minimum atomic E-state index is -0.544. The SMILES string of the molecule is CCOCCCN1C(=O)C(CC(=O)Nc2ccc(C(C)=O)cc2)SC1=Nc1ccc(CC)cc1. The monoisotopic (exact) mass is 481 g/mol. The quantitative estimate of drug-likeness (QED) is 0.367. The Balaban J connectivity index is 1.69. The predicted molar refractivity (Wildman–Crippen MR) is 137 cm³/mol. The number of hydrogen-bond donors (Lipinski definition) is 1. The van der Waals surface area contributed by atoms with E-state index in [0.717, 1.165) is 12.1 Å². The van der Waals surface area contributed by atoms with Gasteiger partial charge in [0.2, 0.25) is 11.8 Å². The Morgan fingerprint density at radius 2 is 1.79 bits per heavy atom. The third-order valence-corrected chi connectivity index (χ3v) is 6.59. The number of ether oxygens (including phenoxy) is 1. The number of amides is 2. The number of carbonyl (C=O) groups excluding carboxylic acids is 3. The van der Waals surface area contributed by atoms with Crippen molar-refractivity contribution >= 4 is 45.9 Å². The topological polar surface area (TPSA) is 88.1 Å². The van der Waals surface area contributed by atoms with Crippen molar-refractivity contribution < 1.29 is 19.1 Å². The summed E-state index contributed by atoms with van der Waals surface area (Å²) in [6, 6.07) is 14.7. The number of aliphatic imine (C=N–C) groups is 1. The molecule has 1 saturated heterocycles. The summed E-state index contributed by atoms with van der Waals surface area (Å²) in [7, 11) is 0. The second kappa shape index (κ2) is 12.5. The van der Waals surface area contributed by atoms with Gasteiger partial charge >= 0.3 is 0 Å². The van der Waals surface area contributed by atoms with Gasteiger partial charge in [-0.3, -0.25) is 19.3 Å². The molecule has 1 aliphatic rings. The average molecular weight is 482 g/mol. The van der Waals surface area contributed by atoms with E-state index in [1.165, 1.54) is 24.2 Å². The molecule has 2 amide bonds. The largest absolute Gasteiger partial charge is 0.382 e. The third-order valence-electron chi connectivity index (χ3n) is 5.41. The maximum Gasteiger partial charge on any atom is 0.242 e. The van der Waals surface area contributed by atoms with E-state index in [4.69, 9.17) is 9.73 Å². The average Bonchev–Trinajstić information content (AvgIpc) is 3.11. The molecule has 34 heavy (non-hydrogen) atoms. The van der Waals surface area contributed by atoms with Gasteiger partial charge in [0.05, 0.1) is 5.69 Å². The minimum absolute atomic E-state index is 0.0354. The summed E-state index contributed by atoms with van der Waals surface area (Å²) in [4.78, 5) is 43.6. The number of nitrogens with one attached hydrogen (secondary N) is 1. The number of thioether (sulfide) groups is 1. The molecule has 8 heteroatoms. The molecular weight excluding hydrogens is 450 g/mol. The zero-order valence-corrected chi connectivity index (χ0v) is 20.7. The molecule has 7 nitrogen and oxygen atoms in total. The lowest BCUT2D eigenvalue weighted by molar-refractivity contribution is -0.128. The summed E-state index contributed by atoms with van der Waals surface area (Å²) in [5.41, 5.74) is 3.16. The Kier molecular flexibility index (Phi) is 9.42. The molecule has 2 aromatic carbocycles. The summed E-state index contributed by atoms with van der Waals surface area (Å²) in [5.74, 6) is -0.414. The molecule has 1 N–H and O–H groups in total. The number of carbonyl (C=O) groups is 3. The highest BCUT2D eigenvalue weighted by Crippen LogP contribution is 2.32. The molecular formula is C26H31N3O4S. The van der Waals surface area contributed by atoms with E-state index in [2.05, 4.69) is 12.2 Å². The Bertz CT molecular complexity index is 1040. The highest BCUT2D eigenvalue weighted by molar-refractivity contribution is 8.15. The fourth-order valence-corrected chi connectivity index (χ4v) is 4.67. The maximum absolute atomic E-state index is 13.1. The number of rotatable bonds is 11. The van der Waals surface area contributed by atoms with Gasteiger partial charge in [-0.1, -0.05) is 30.8 Å². The Morgan fingerprint density at radius 3 is 2.41 bits per heavy atom. The van der Waals surface area contributed by atoms with E-state index in [-0.39, 0.29) is 24.0 Å². The van der Waals surface area contributed by atoms with Crippen LogP contribution in [0.25, 0.3) is 0 Å². The van der Waals surface area contributed by atoms with Crippen molar-refractivity contribution in [1.29, 1.82) is 0 Å². The number of nitrogens with zero attached hydrogens (tertiary/aromatic N) is 2. The molecule has 1 aliphatic heterocycles. The van der Waals surface area contributed by atoms with Gasteiger partial charge in [0.1, 0.15) is 5.25 Å². The van der Waals surface area contributed by atoms with Crippen LogP contribution in [0.1, 0.15) is 49.5 Å². The zero-order chi connectivity index (χ0) is 24.5. The molecule has 1 atom stereocenters. The molecule has 1 fully saturated rings. The molecule has 0 saturated carbocycles. The highest BCUT2D eigenvalue weighted by Gasteiger charge is 2.38. The van der Waals surface area contributed by atoms with Crippen molar-refractivity contribution in [3.63, 3.8) is 0 Å². The number of amidine groups is 1. The number of hydrogen-bond acceptors (Lipinski definition) is 6. The van der Waals surface area contributed by atoms with Crippen molar-refractivity contribution in [2.45, 2.75) is 45.3 Å². The molecule has 1 heterocycles. The first-order valence-corrected chi connectivity index (χ1v) is 12.4.